The van der Waals surface area contributed by atoms with Gasteiger partial charge in [-0.05, 0) is 135 Å². The van der Waals surface area contributed by atoms with Gasteiger partial charge in [0.25, 0.3) is 6.33 Å². The summed E-state index contributed by atoms with van der Waals surface area (Å²) in [6.07, 6.45) is 6.05. The molecule has 7 nitrogen and oxygen atoms in total. The molecule has 0 spiro atoms. The van der Waals surface area contributed by atoms with Crippen molar-refractivity contribution < 1.29 is 9.30 Å². The molecule has 83 heavy (non-hydrogen) atoms. The van der Waals surface area contributed by atoms with Gasteiger partial charge in [0.2, 0.25) is 0 Å². The number of aromatic nitrogens is 6. The van der Waals surface area contributed by atoms with Crippen LogP contribution in [0.2, 0.25) is 0 Å². The molecule has 17 rings (SSSR count). The van der Waals surface area contributed by atoms with Crippen molar-refractivity contribution in [2.24, 2.45) is 0 Å². The van der Waals surface area contributed by atoms with Crippen LogP contribution >= 0.6 is 0 Å². The first kappa shape index (κ1) is 47.1. The Morgan fingerprint density at radius 1 is 0.373 bits per heavy atom. The van der Waals surface area contributed by atoms with E-state index >= 15 is 0 Å². The standard InChI is InChI=1S/C76H52N6O/c1-76(2,3)48-40-41-77-73(42-48)82-69-36-17-12-30-61(69)62-39-38-52(46-71(62)82)83-51-21-18-20-49(43-51)78-47-79-74-63(31-19-37-70(74)81-67-34-15-10-28-59(67)60-29-11-16-35-68(60)81)55-24-6-4-22-53(55)54-23-5-7-25-56(54)64-44-50(45-72(78)75(64)79)80-65-32-13-8-26-57(65)58-27-9-14-33-66(58)80/h4-46H,1-3H3. The van der Waals surface area contributed by atoms with Crippen molar-refractivity contribution >= 4 is 76.5 Å². The predicted octanol–water partition coefficient (Wildman–Crippen LogP) is 18.8. The normalized spacial score (nSPS) is 12.3. The number of fused-ring (bicyclic) bond motifs is 16. The van der Waals surface area contributed by atoms with E-state index in [0.29, 0.717) is 5.75 Å². The summed E-state index contributed by atoms with van der Waals surface area (Å²) >= 11 is 0. The molecule has 0 N–H and O–H groups in total. The highest BCUT2D eigenvalue weighted by Crippen LogP contribution is 2.47. The molecule has 5 aromatic heterocycles. The van der Waals surface area contributed by atoms with Crippen LogP contribution in [0.5, 0.6) is 11.5 Å². The summed E-state index contributed by atoms with van der Waals surface area (Å²) in [4.78, 5) is 4.96. The Hall–Kier alpha value is -10.8. The fourth-order valence-electron chi connectivity index (χ4n) is 13.4. The van der Waals surface area contributed by atoms with Gasteiger partial charge in [0.1, 0.15) is 17.3 Å². The van der Waals surface area contributed by atoms with Crippen molar-refractivity contribution in [1.29, 1.82) is 0 Å². The van der Waals surface area contributed by atoms with Crippen LogP contribution < -0.4 is 9.30 Å². The number of rotatable bonds is 6. The first-order valence-corrected chi connectivity index (χ1v) is 28.4. The lowest BCUT2D eigenvalue weighted by Gasteiger charge is -2.20. The van der Waals surface area contributed by atoms with E-state index in [0.717, 1.165) is 123 Å². The quantitative estimate of drug-likeness (QED) is 0.123. The molecule has 1 aliphatic heterocycles. The van der Waals surface area contributed by atoms with Gasteiger partial charge in [-0.25, -0.2) is 4.98 Å². The van der Waals surface area contributed by atoms with Gasteiger partial charge in [0.15, 0.2) is 0 Å². The lowest BCUT2D eigenvalue weighted by molar-refractivity contribution is -0.571. The maximum atomic E-state index is 7.05. The molecule has 0 aliphatic carbocycles. The molecule has 0 amide bonds. The Balaban J connectivity index is 0.943. The van der Waals surface area contributed by atoms with Crippen molar-refractivity contribution in [3.05, 3.63) is 273 Å². The van der Waals surface area contributed by atoms with Crippen LogP contribution in [-0.4, -0.2) is 23.3 Å². The maximum Gasteiger partial charge on any atom is 0.269 e. The number of para-hydroxylation sites is 6. The van der Waals surface area contributed by atoms with Gasteiger partial charge in [-0.15, -0.1) is 0 Å². The highest BCUT2D eigenvalue weighted by atomic mass is 16.5. The number of pyridine rings is 1. The highest BCUT2D eigenvalue weighted by molar-refractivity contribution is 6.12. The molecule has 6 heterocycles. The molecule has 0 bridgehead atoms. The third kappa shape index (κ3) is 7.11. The average molecular weight is 1070 g/mol. The van der Waals surface area contributed by atoms with Crippen molar-refractivity contribution in [2.75, 3.05) is 0 Å². The van der Waals surface area contributed by atoms with Gasteiger partial charge >= 0.3 is 0 Å². The van der Waals surface area contributed by atoms with Crippen molar-refractivity contribution in [2.45, 2.75) is 26.2 Å². The van der Waals surface area contributed by atoms with Gasteiger partial charge in [-0.2, -0.15) is 0 Å². The first-order valence-electron chi connectivity index (χ1n) is 28.4. The molecule has 11 aromatic carbocycles. The van der Waals surface area contributed by atoms with Crippen molar-refractivity contribution in [3.63, 3.8) is 0 Å². The van der Waals surface area contributed by atoms with E-state index in [1.54, 1.807) is 0 Å². The van der Waals surface area contributed by atoms with Crippen LogP contribution in [-0.2, 0) is 5.41 Å². The molecule has 1 aliphatic rings. The maximum absolute atomic E-state index is 7.05. The minimum atomic E-state index is -0.0465. The minimum absolute atomic E-state index is 0.0465. The molecule has 16 aromatic rings. The van der Waals surface area contributed by atoms with Crippen LogP contribution in [0.1, 0.15) is 26.3 Å². The van der Waals surface area contributed by atoms with E-state index < -0.39 is 0 Å². The number of ether oxygens (including phenoxy) is 1. The Labute approximate surface area is 479 Å². The monoisotopic (exact) mass is 1060 g/mol. The number of imidazole rings is 1. The number of nitrogens with zero attached hydrogens (tertiary/aromatic N) is 6. The fourth-order valence-corrected chi connectivity index (χ4v) is 13.4. The second-order valence-corrected chi connectivity index (χ2v) is 22.9. The Bertz CT molecular complexity index is 5260. The zero-order chi connectivity index (χ0) is 55.1. The summed E-state index contributed by atoms with van der Waals surface area (Å²) in [7, 11) is 0. The molecule has 0 atom stereocenters. The summed E-state index contributed by atoms with van der Waals surface area (Å²) in [5.41, 5.74) is 20.6. The first-order chi connectivity index (χ1) is 40.8. The summed E-state index contributed by atoms with van der Waals surface area (Å²) in [5, 5.41) is 7.11. The van der Waals surface area contributed by atoms with E-state index in [-0.39, 0.29) is 5.41 Å². The predicted molar refractivity (Wildman–Crippen MR) is 340 cm³/mol. The Kier molecular flexibility index (Phi) is 10.1. The molecule has 0 saturated carbocycles. The van der Waals surface area contributed by atoms with E-state index in [4.69, 9.17) is 9.72 Å². The van der Waals surface area contributed by atoms with Gasteiger partial charge in [0, 0.05) is 50.3 Å². The SMILES string of the molecule is CC(C)(C)c1ccnc(-n2c3ccccc3c3ccc(Oc4cccc(-n5[c-][n+]6c7c(cc(-n8c9ccccc9c9ccccc98)cc75)-c5ccccc5-c5ccccc5-c5cccc(-n7c8ccccc8c8ccccc87)c5-6)c4)cc32)c1. The second kappa shape index (κ2) is 17.9. The summed E-state index contributed by atoms with van der Waals surface area (Å²) < 4.78 is 18.8. The highest BCUT2D eigenvalue weighted by Gasteiger charge is 2.29. The van der Waals surface area contributed by atoms with Crippen LogP contribution in [0, 0.1) is 6.33 Å². The van der Waals surface area contributed by atoms with E-state index in [1.807, 2.05) is 12.3 Å². The van der Waals surface area contributed by atoms with Crippen molar-refractivity contribution in [1.82, 2.24) is 23.3 Å². The van der Waals surface area contributed by atoms with Crippen LogP contribution in [0.25, 0.3) is 138 Å². The van der Waals surface area contributed by atoms with Crippen LogP contribution in [0.3, 0.4) is 0 Å². The number of hydrogen-bond acceptors (Lipinski definition) is 2. The summed E-state index contributed by atoms with van der Waals surface area (Å²) in [6.45, 7) is 6.73. The topological polar surface area (TPSA) is 45.7 Å². The third-order valence-corrected chi connectivity index (χ3v) is 17.2. The summed E-state index contributed by atoms with van der Waals surface area (Å²) in [6, 6.07) is 92.3. The molecule has 7 heteroatoms. The Morgan fingerprint density at radius 2 is 0.867 bits per heavy atom. The molecule has 0 unspecified atom stereocenters. The zero-order valence-corrected chi connectivity index (χ0v) is 45.9. The Morgan fingerprint density at radius 3 is 1.47 bits per heavy atom. The average Bonchev–Trinajstić information content (AvgIpc) is 2.31. The van der Waals surface area contributed by atoms with E-state index in [9.17, 15) is 0 Å². The molecular formula is C76H52N6O. The lowest BCUT2D eigenvalue weighted by atomic mass is 9.88. The van der Waals surface area contributed by atoms with E-state index in [1.165, 1.54) is 27.1 Å². The van der Waals surface area contributed by atoms with Gasteiger partial charge < -0.3 is 13.9 Å². The fraction of sp³-hybridized carbons (Fsp3) is 0.0526. The van der Waals surface area contributed by atoms with Gasteiger partial charge in [0.05, 0.1) is 61.2 Å². The molecule has 0 radical (unpaired) electrons. The third-order valence-electron chi connectivity index (χ3n) is 17.2. The van der Waals surface area contributed by atoms with E-state index in [2.05, 4.69) is 299 Å². The molecule has 392 valence electrons. The molecular weight excluding hydrogens is 1010 g/mol. The van der Waals surface area contributed by atoms with Crippen LogP contribution in [0.4, 0.5) is 0 Å². The zero-order valence-electron chi connectivity index (χ0n) is 45.9. The second-order valence-electron chi connectivity index (χ2n) is 22.9. The largest absolute Gasteiger partial charge is 0.458 e. The molecule has 0 saturated heterocycles. The van der Waals surface area contributed by atoms with Crippen molar-refractivity contribution in [3.8, 4) is 73.4 Å². The van der Waals surface area contributed by atoms with Gasteiger partial charge in [-0.1, -0.05) is 178 Å². The smallest absolute Gasteiger partial charge is 0.269 e. The number of benzene rings is 11. The molecule has 0 fully saturated rings. The lowest BCUT2D eigenvalue weighted by Crippen LogP contribution is -2.32. The number of hydrogen-bond donors (Lipinski definition) is 0. The minimum Gasteiger partial charge on any atom is -0.458 e. The summed E-state index contributed by atoms with van der Waals surface area (Å²) in [5.74, 6) is 2.30. The van der Waals surface area contributed by atoms with Gasteiger partial charge in [-0.3, -0.25) is 13.7 Å². The van der Waals surface area contributed by atoms with Crippen LogP contribution in [0.15, 0.2) is 261 Å².